The van der Waals surface area contributed by atoms with Crippen LogP contribution in [0.3, 0.4) is 0 Å². The van der Waals surface area contributed by atoms with Crippen LogP contribution >= 0.6 is 15.9 Å². The summed E-state index contributed by atoms with van der Waals surface area (Å²) < 4.78 is 0.983. The van der Waals surface area contributed by atoms with Crippen LogP contribution < -0.4 is 10.6 Å². The van der Waals surface area contributed by atoms with Gasteiger partial charge < -0.3 is 10.6 Å². The fourth-order valence-corrected chi connectivity index (χ4v) is 1.99. The van der Waals surface area contributed by atoms with Gasteiger partial charge in [-0.05, 0) is 36.8 Å². The van der Waals surface area contributed by atoms with Crippen LogP contribution in [0.5, 0.6) is 0 Å². The summed E-state index contributed by atoms with van der Waals surface area (Å²) in [5.74, 6) is 0. The molecule has 0 heterocycles. The van der Waals surface area contributed by atoms with Gasteiger partial charge in [0.2, 0.25) is 0 Å². The number of carbonyl (C=O) groups is 1. The van der Waals surface area contributed by atoms with E-state index in [0.717, 1.165) is 15.7 Å². The van der Waals surface area contributed by atoms with Gasteiger partial charge in [0.05, 0.1) is 6.04 Å². The number of carbonyl (C=O) groups excluding carboxylic acids is 1. The van der Waals surface area contributed by atoms with Crippen molar-refractivity contribution in [1.29, 1.82) is 0 Å². The van der Waals surface area contributed by atoms with E-state index in [9.17, 15) is 4.79 Å². The van der Waals surface area contributed by atoms with Crippen LogP contribution in [0.4, 0.5) is 10.5 Å². The Hall–Kier alpha value is -1.81. The first-order valence-electron chi connectivity index (χ1n) is 6.03. The molecule has 2 amide bonds. The third-order valence-corrected chi connectivity index (χ3v) is 3.28. The lowest BCUT2D eigenvalue weighted by atomic mass is 10.1. The monoisotopic (exact) mass is 318 g/mol. The molecule has 0 aliphatic carbocycles. The van der Waals surface area contributed by atoms with Gasteiger partial charge in [-0.15, -0.1) is 0 Å². The largest absolute Gasteiger partial charge is 0.331 e. The van der Waals surface area contributed by atoms with Gasteiger partial charge in [-0.25, -0.2) is 4.79 Å². The molecule has 1 atom stereocenters. The normalized spacial score (nSPS) is 11.7. The molecule has 0 saturated carbocycles. The highest BCUT2D eigenvalue weighted by Crippen LogP contribution is 2.15. The second-order valence-electron chi connectivity index (χ2n) is 4.24. The molecule has 0 fully saturated rings. The highest BCUT2D eigenvalue weighted by molar-refractivity contribution is 9.10. The minimum absolute atomic E-state index is 0.0309. The summed E-state index contributed by atoms with van der Waals surface area (Å²) in [6.45, 7) is 1.95. The molecule has 3 nitrogen and oxygen atoms in total. The van der Waals surface area contributed by atoms with Crippen LogP contribution in [-0.2, 0) is 0 Å². The molecule has 0 saturated heterocycles. The second-order valence-corrected chi connectivity index (χ2v) is 5.15. The van der Waals surface area contributed by atoms with Gasteiger partial charge in [-0.3, -0.25) is 0 Å². The molecule has 0 spiro atoms. The SMILES string of the molecule is C[C@H](NC(=O)Nc1ccc(Br)cc1)c1ccccc1. The van der Waals surface area contributed by atoms with Gasteiger partial charge in [-0.2, -0.15) is 0 Å². The zero-order valence-electron chi connectivity index (χ0n) is 10.6. The standard InChI is InChI=1S/C15H15BrN2O/c1-11(12-5-3-2-4-6-12)17-15(19)18-14-9-7-13(16)8-10-14/h2-11H,1H3,(H2,17,18,19)/t11-/m0/s1. The van der Waals surface area contributed by atoms with Crippen molar-refractivity contribution < 1.29 is 4.79 Å². The van der Waals surface area contributed by atoms with E-state index in [0.29, 0.717) is 0 Å². The molecule has 0 radical (unpaired) electrons. The quantitative estimate of drug-likeness (QED) is 0.868. The van der Waals surface area contributed by atoms with E-state index in [-0.39, 0.29) is 12.1 Å². The minimum Gasteiger partial charge on any atom is -0.331 e. The topological polar surface area (TPSA) is 41.1 Å². The van der Waals surface area contributed by atoms with Crippen molar-refractivity contribution in [1.82, 2.24) is 5.32 Å². The van der Waals surface area contributed by atoms with E-state index >= 15 is 0 Å². The van der Waals surface area contributed by atoms with Gasteiger partial charge in [0.15, 0.2) is 0 Å². The van der Waals surface area contributed by atoms with E-state index in [1.165, 1.54) is 0 Å². The van der Waals surface area contributed by atoms with Crippen LogP contribution in [0.15, 0.2) is 59.1 Å². The third kappa shape index (κ3) is 4.10. The lowest BCUT2D eigenvalue weighted by Crippen LogP contribution is -2.31. The van der Waals surface area contributed by atoms with E-state index < -0.39 is 0 Å². The molecule has 2 rings (SSSR count). The lowest BCUT2D eigenvalue weighted by Gasteiger charge is -2.15. The maximum atomic E-state index is 11.8. The first kappa shape index (κ1) is 13.6. The molecule has 0 unspecified atom stereocenters. The molecular formula is C15H15BrN2O. The highest BCUT2D eigenvalue weighted by Gasteiger charge is 2.08. The molecule has 0 aliphatic rings. The summed E-state index contributed by atoms with van der Waals surface area (Å²) in [4.78, 5) is 11.8. The van der Waals surface area contributed by atoms with Gasteiger partial charge in [0.1, 0.15) is 0 Å². The number of urea groups is 1. The average Bonchev–Trinajstić information content (AvgIpc) is 2.42. The molecule has 4 heteroatoms. The van der Waals surface area contributed by atoms with E-state index in [1.54, 1.807) is 0 Å². The van der Waals surface area contributed by atoms with Crippen LogP contribution in [0.1, 0.15) is 18.5 Å². The minimum atomic E-state index is -0.210. The number of hydrogen-bond donors (Lipinski definition) is 2. The zero-order valence-corrected chi connectivity index (χ0v) is 12.1. The Kier molecular flexibility index (Phi) is 4.58. The lowest BCUT2D eigenvalue weighted by molar-refractivity contribution is 0.249. The van der Waals surface area contributed by atoms with Gasteiger partial charge >= 0.3 is 6.03 Å². The van der Waals surface area contributed by atoms with Gasteiger partial charge in [0.25, 0.3) is 0 Å². The Bertz CT molecular complexity index is 540. The molecule has 98 valence electrons. The molecule has 0 aliphatic heterocycles. The van der Waals surface area contributed by atoms with Crippen molar-refractivity contribution in [3.63, 3.8) is 0 Å². The van der Waals surface area contributed by atoms with E-state index in [2.05, 4.69) is 26.6 Å². The first-order valence-corrected chi connectivity index (χ1v) is 6.82. The number of amides is 2. The summed E-state index contributed by atoms with van der Waals surface area (Å²) >= 11 is 3.35. The summed E-state index contributed by atoms with van der Waals surface area (Å²) in [5.41, 5.74) is 1.84. The fraction of sp³-hybridized carbons (Fsp3) is 0.133. The van der Waals surface area contributed by atoms with Crippen LogP contribution in [0, 0.1) is 0 Å². The number of hydrogen-bond acceptors (Lipinski definition) is 1. The number of rotatable bonds is 3. The van der Waals surface area contributed by atoms with Crippen LogP contribution in [0.25, 0.3) is 0 Å². The molecule has 2 aromatic carbocycles. The van der Waals surface area contributed by atoms with Crippen molar-refractivity contribution in [2.45, 2.75) is 13.0 Å². The molecule has 0 aromatic heterocycles. The first-order chi connectivity index (χ1) is 9.15. The van der Waals surface area contributed by atoms with Gasteiger partial charge in [0, 0.05) is 10.2 Å². The van der Waals surface area contributed by atoms with Crippen LogP contribution in [0.2, 0.25) is 0 Å². The Morgan fingerprint density at radius 1 is 1.05 bits per heavy atom. The Morgan fingerprint density at radius 2 is 1.68 bits per heavy atom. The maximum absolute atomic E-state index is 11.8. The van der Waals surface area contributed by atoms with E-state index in [1.807, 2.05) is 61.5 Å². The van der Waals surface area contributed by atoms with Crippen LogP contribution in [-0.4, -0.2) is 6.03 Å². The maximum Gasteiger partial charge on any atom is 0.319 e. The molecular weight excluding hydrogens is 304 g/mol. The molecule has 2 aromatic rings. The van der Waals surface area contributed by atoms with Crippen molar-refractivity contribution in [2.75, 3.05) is 5.32 Å². The van der Waals surface area contributed by atoms with Crippen molar-refractivity contribution in [2.24, 2.45) is 0 Å². The Morgan fingerprint density at radius 3 is 2.32 bits per heavy atom. The summed E-state index contributed by atoms with van der Waals surface area (Å²) in [7, 11) is 0. The molecule has 19 heavy (non-hydrogen) atoms. The fourth-order valence-electron chi connectivity index (χ4n) is 1.72. The van der Waals surface area contributed by atoms with Gasteiger partial charge in [-0.1, -0.05) is 46.3 Å². The average molecular weight is 319 g/mol. The predicted molar refractivity (Wildman–Crippen MR) is 81.2 cm³/mol. The number of nitrogens with one attached hydrogen (secondary N) is 2. The smallest absolute Gasteiger partial charge is 0.319 e. The number of benzene rings is 2. The third-order valence-electron chi connectivity index (χ3n) is 2.75. The van der Waals surface area contributed by atoms with E-state index in [4.69, 9.17) is 0 Å². The highest BCUT2D eigenvalue weighted by atomic mass is 79.9. The van der Waals surface area contributed by atoms with Crippen molar-refractivity contribution in [3.8, 4) is 0 Å². The Balaban J connectivity index is 1.93. The Labute approximate surface area is 121 Å². The second kappa shape index (κ2) is 6.38. The number of anilines is 1. The van der Waals surface area contributed by atoms with Crippen molar-refractivity contribution >= 4 is 27.6 Å². The summed E-state index contributed by atoms with van der Waals surface area (Å²) in [6.07, 6.45) is 0. The number of halogens is 1. The molecule has 0 bridgehead atoms. The molecule has 2 N–H and O–H groups in total. The summed E-state index contributed by atoms with van der Waals surface area (Å²) in [5, 5.41) is 5.70. The summed E-state index contributed by atoms with van der Waals surface area (Å²) in [6, 6.07) is 17.1. The van der Waals surface area contributed by atoms with Crippen molar-refractivity contribution in [3.05, 3.63) is 64.6 Å². The zero-order chi connectivity index (χ0) is 13.7. The predicted octanol–water partition coefficient (Wildman–Crippen LogP) is 4.33.